The molecule has 24 heavy (non-hydrogen) atoms. The van der Waals surface area contributed by atoms with Gasteiger partial charge in [0, 0.05) is 18.8 Å². The number of anilines is 1. The standard InChI is InChI=1S/C17H23N3O4/c1-10-7-13(8-14(11(10)2)16(22)24-3)19-17(23)20-6-4-5-12(9-20)15(18)21/h7-8,12H,4-6,9H2,1-3H3,(H2,18,21)(H,19,23). The molecule has 2 rings (SSSR count). The third kappa shape index (κ3) is 3.84. The molecular formula is C17H23N3O4. The van der Waals surface area contributed by atoms with E-state index in [9.17, 15) is 14.4 Å². The summed E-state index contributed by atoms with van der Waals surface area (Å²) in [6.45, 7) is 4.58. The van der Waals surface area contributed by atoms with Crippen LogP contribution in [0.15, 0.2) is 12.1 Å². The number of benzene rings is 1. The minimum Gasteiger partial charge on any atom is -0.465 e. The van der Waals surface area contributed by atoms with Crippen LogP contribution >= 0.6 is 0 Å². The Hall–Kier alpha value is -2.57. The van der Waals surface area contributed by atoms with E-state index in [-0.39, 0.29) is 17.9 Å². The largest absolute Gasteiger partial charge is 0.465 e. The molecule has 3 N–H and O–H groups in total. The van der Waals surface area contributed by atoms with Gasteiger partial charge in [-0.3, -0.25) is 4.79 Å². The molecule has 0 saturated carbocycles. The van der Waals surface area contributed by atoms with Crippen LogP contribution in [-0.4, -0.2) is 43.0 Å². The lowest BCUT2D eigenvalue weighted by Crippen LogP contribution is -2.45. The molecule has 130 valence electrons. The van der Waals surface area contributed by atoms with Crippen molar-refractivity contribution in [2.45, 2.75) is 26.7 Å². The zero-order chi connectivity index (χ0) is 17.9. The van der Waals surface area contributed by atoms with Gasteiger partial charge in [0.2, 0.25) is 5.91 Å². The van der Waals surface area contributed by atoms with Gasteiger partial charge in [-0.25, -0.2) is 9.59 Å². The number of aryl methyl sites for hydroxylation is 1. The van der Waals surface area contributed by atoms with Crippen molar-refractivity contribution in [1.29, 1.82) is 0 Å². The van der Waals surface area contributed by atoms with Gasteiger partial charge in [0.05, 0.1) is 18.6 Å². The molecule has 1 aliphatic rings. The number of amides is 3. The Morgan fingerprint density at radius 1 is 1.29 bits per heavy atom. The molecule has 0 aromatic heterocycles. The molecule has 1 aromatic rings. The van der Waals surface area contributed by atoms with Crippen LogP contribution in [0.4, 0.5) is 10.5 Å². The summed E-state index contributed by atoms with van der Waals surface area (Å²) in [5.74, 6) is -1.14. The SMILES string of the molecule is COC(=O)c1cc(NC(=O)N2CCCC(C(N)=O)C2)cc(C)c1C. The first-order valence-corrected chi connectivity index (χ1v) is 7.88. The van der Waals surface area contributed by atoms with Crippen molar-refractivity contribution in [3.8, 4) is 0 Å². The summed E-state index contributed by atoms with van der Waals surface area (Å²) in [5, 5.41) is 2.79. The van der Waals surface area contributed by atoms with Gasteiger partial charge in [-0.05, 0) is 49.9 Å². The van der Waals surface area contributed by atoms with E-state index < -0.39 is 5.97 Å². The van der Waals surface area contributed by atoms with Crippen LogP contribution in [0.5, 0.6) is 0 Å². The van der Waals surface area contributed by atoms with Crippen molar-refractivity contribution in [3.63, 3.8) is 0 Å². The van der Waals surface area contributed by atoms with Crippen molar-refractivity contribution in [1.82, 2.24) is 4.90 Å². The maximum Gasteiger partial charge on any atom is 0.338 e. The molecule has 1 aliphatic heterocycles. The van der Waals surface area contributed by atoms with E-state index >= 15 is 0 Å². The molecule has 7 heteroatoms. The minimum atomic E-state index is -0.446. The van der Waals surface area contributed by atoms with Crippen molar-refractivity contribution in [2.75, 3.05) is 25.5 Å². The van der Waals surface area contributed by atoms with Crippen LogP contribution in [0.3, 0.4) is 0 Å². The van der Waals surface area contributed by atoms with Gasteiger partial charge < -0.3 is 20.7 Å². The average molecular weight is 333 g/mol. The Kier molecular flexibility index (Phi) is 5.43. The Balaban J connectivity index is 2.15. The zero-order valence-electron chi connectivity index (χ0n) is 14.2. The number of primary amides is 1. The number of piperidine rings is 1. The van der Waals surface area contributed by atoms with Crippen molar-refractivity contribution >= 4 is 23.6 Å². The van der Waals surface area contributed by atoms with Gasteiger partial charge in [-0.1, -0.05) is 0 Å². The first-order chi connectivity index (χ1) is 11.3. The number of nitrogens with one attached hydrogen (secondary N) is 1. The molecule has 1 unspecified atom stereocenters. The lowest BCUT2D eigenvalue weighted by Gasteiger charge is -2.31. The third-order valence-corrected chi connectivity index (χ3v) is 4.43. The molecule has 0 aliphatic carbocycles. The molecule has 1 atom stereocenters. The number of hydrogen-bond donors (Lipinski definition) is 2. The highest BCUT2D eigenvalue weighted by Crippen LogP contribution is 2.22. The smallest absolute Gasteiger partial charge is 0.338 e. The molecule has 0 radical (unpaired) electrons. The quantitative estimate of drug-likeness (QED) is 0.824. The van der Waals surface area contributed by atoms with E-state index in [1.807, 2.05) is 13.8 Å². The molecule has 0 bridgehead atoms. The van der Waals surface area contributed by atoms with Gasteiger partial charge >= 0.3 is 12.0 Å². The summed E-state index contributed by atoms with van der Waals surface area (Å²) in [5.41, 5.74) is 7.96. The number of urea groups is 1. The van der Waals surface area contributed by atoms with Crippen molar-refractivity contribution in [3.05, 3.63) is 28.8 Å². The Morgan fingerprint density at radius 2 is 2.00 bits per heavy atom. The molecule has 1 heterocycles. The lowest BCUT2D eigenvalue weighted by atomic mass is 9.98. The molecular weight excluding hydrogens is 310 g/mol. The van der Waals surface area contributed by atoms with Gasteiger partial charge in [0.25, 0.3) is 0 Å². The van der Waals surface area contributed by atoms with E-state index in [0.29, 0.717) is 30.8 Å². The first-order valence-electron chi connectivity index (χ1n) is 7.88. The number of carbonyl (C=O) groups is 3. The molecule has 1 fully saturated rings. The van der Waals surface area contributed by atoms with Crippen LogP contribution in [0, 0.1) is 19.8 Å². The van der Waals surface area contributed by atoms with Crippen LogP contribution in [0.25, 0.3) is 0 Å². The maximum absolute atomic E-state index is 12.4. The highest BCUT2D eigenvalue weighted by Gasteiger charge is 2.27. The Labute approximate surface area is 141 Å². The Bertz CT molecular complexity index is 672. The second kappa shape index (κ2) is 7.33. The molecule has 7 nitrogen and oxygen atoms in total. The van der Waals surface area contributed by atoms with Crippen LogP contribution < -0.4 is 11.1 Å². The number of nitrogens with two attached hydrogens (primary N) is 1. The van der Waals surface area contributed by atoms with Crippen molar-refractivity contribution in [2.24, 2.45) is 11.7 Å². The third-order valence-electron chi connectivity index (χ3n) is 4.43. The topological polar surface area (TPSA) is 102 Å². The van der Waals surface area contributed by atoms with E-state index in [1.165, 1.54) is 7.11 Å². The summed E-state index contributed by atoms with van der Waals surface area (Å²) < 4.78 is 4.78. The highest BCUT2D eigenvalue weighted by atomic mass is 16.5. The molecule has 1 aromatic carbocycles. The van der Waals surface area contributed by atoms with E-state index in [0.717, 1.165) is 17.5 Å². The summed E-state index contributed by atoms with van der Waals surface area (Å²) in [4.78, 5) is 37.2. The van der Waals surface area contributed by atoms with E-state index in [1.54, 1.807) is 17.0 Å². The zero-order valence-corrected chi connectivity index (χ0v) is 14.2. The number of ether oxygens (including phenoxy) is 1. The highest BCUT2D eigenvalue weighted by molar-refractivity contribution is 5.95. The molecule has 3 amide bonds. The minimum absolute atomic E-state index is 0.306. The average Bonchev–Trinajstić information content (AvgIpc) is 2.57. The maximum atomic E-state index is 12.4. The van der Waals surface area contributed by atoms with Gasteiger partial charge in [0.1, 0.15) is 0 Å². The fourth-order valence-electron chi connectivity index (χ4n) is 2.85. The fourth-order valence-corrected chi connectivity index (χ4v) is 2.85. The second-order valence-electron chi connectivity index (χ2n) is 6.07. The lowest BCUT2D eigenvalue weighted by molar-refractivity contribution is -0.123. The van der Waals surface area contributed by atoms with Crippen LogP contribution in [0.2, 0.25) is 0 Å². The van der Waals surface area contributed by atoms with Gasteiger partial charge in [-0.15, -0.1) is 0 Å². The van der Waals surface area contributed by atoms with E-state index in [4.69, 9.17) is 10.5 Å². The van der Waals surface area contributed by atoms with E-state index in [2.05, 4.69) is 5.32 Å². The number of likely N-dealkylation sites (tertiary alicyclic amines) is 1. The van der Waals surface area contributed by atoms with Crippen molar-refractivity contribution < 1.29 is 19.1 Å². The number of hydrogen-bond acceptors (Lipinski definition) is 4. The van der Waals surface area contributed by atoms with Gasteiger partial charge in [0.15, 0.2) is 0 Å². The number of carbonyl (C=O) groups excluding carboxylic acids is 3. The van der Waals surface area contributed by atoms with Crippen LogP contribution in [-0.2, 0) is 9.53 Å². The summed E-state index contributed by atoms with van der Waals surface area (Å²) in [6, 6.07) is 3.09. The van der Waals surface area contributed by atoms with Gasteiger partial charge in [-0.2, -0.15) is 0 Å². The monoisotopic (exact) mass is 333 g/mol. The van der Waals surface area contributed by atoms with Crippen LogP contribution in [0.1, 0.15) is 34.3 Å². The Morgan fingerprint density at radius 3 is 2.62 bits per heavy atom. The predicted molar refractivity (Wildman–Crippen MR) is 89.8 cm³/mol. The summed E-state index contributed by atoms with van der Waals surface area (Å²) >= 11 is 0. The molecule has 0 spiro atoms. The number of methoxy groups -OCH3 is 1. The normalized spacial score (nSPS) is 17.3. The summed E-state index contributed by atoms with van der Waals surface area (Å²) in [7, 11) is 1.32. The molecule has 1 saturated heterocycles. The number of nitrogens with zero attached hydrogens (tertiary/aromatic N) is 1. The second-order valence-corrected chi connectivity index (χ2v) is 6.07. The predicted octanol–water partition coefficient (Wildman–Crippen LogP) is 1.82. The first kappa shape index (κ1) is 17.8. The number of esters is 1. The summed E-state index contributed by atoms with van der Waals surface area (Å²) in [6.07, 6.45) is 1.44. The number of rotatable bonds is 3. The fraction of sp³-hybridized carbons (Fsp3) is 0.471.